The molecule has 0 radical (unpaired) electrons. The van der Waals surface area contributed by atoms with Crippen molar-refractivity contribution in [3.05, 3.63) is 29.8 Å². The Labute approximate surface area is 191 Å². The molecule has 1 spiro atoms. The third-order valence-corrected chi connectivity index (χ3v) is 8.88. The second-order valence-corrected chi connectivity index (χ2v) is 11.0. The topological polar surface area (TPSA) is 49.4 Å². The van der Waals surface area contributed by atoms with Crippen molar-refractivity contribution in [3.63, 3.8) is 0 Å². The second kappa shape index (κ2) is 7.95. The van der Waals surface area contributed by atoms with Gasteiger partial charge in [-0.25, -0.2) is 9.78 Å². The van der Waals surface area contributed by atoms with E-state index in [1.54, 1.807) is 0 Å². The maximum Gasteiger partial charge on any atom is 0.205 e. The summed E-state index contributed by atoms with van der Waals surface area (Å²) >= 11 is 0. The summed E-state index contributed by atoms with van der Waals surface area (Å²) in [6.07, 6.45) is 5.97. The van der Waals surface area contributed by atoms with E-state index in [9.17, 15) is 0 Å². The first-order valence-electron chi connectivity index (χ1n) is 12.6. The maximum atomic E-state index is 6.54. The van der Waals surface area contributed by atoms with E-state index in [1.807, 2.05) is 6.92 Å². The molecule has 2 bridgehead atoms. The Balaban J connectivity index is 1.21. The molecule has 6 fully saturated rings. The monoisotopic (exact) mass is 443 g/mol. The van der Waals surface area contributed by atoms with Gasteiger partial charge in [-0.15, -0.1) is 0 Å². The van der Waals surface area contributed by atoms with Gasteiger partial charge in [0.2, 0.25) is 12.1 Å². The van der Waals surface area contributed by atoms with Crippen LogP contribution >= 0.6 is 0 Å². The minimum Gasteiger partial charge on any atom is -0.465 e. The Morgan fingerprint density at radius 3 is 2.56 bits per heavy atom. The van der Waals surface area contributed by atoms with Gasteiger partial charge in [-0.3, -0.25) is 4.90 Å². The fourth-order valence-electron chi connectivity index (χ4n) is 7.01. The molecule has 0 aromatic heterocycles. The summed E-state index contributed by atoms with van der Waals surface area (Å²) < 4.78 is 19.4. The Morgan fingerprint density at radius 1 is 1.00 bits per heavy atom. The molecule has 1 saturated carbocycles. The van der Waals surface area contributed by atoms with Crippen LogP contribution in [0.1, 0.15) is 64.9 Å². The molecule has 6 heteroatoms. The van der Waals surface area contributed by atoms with Crippen molar-refractivity contribution < 1.29 is 24.0 Å². The van der Waals surface area contributed by atoms with Crippen molar-refractivity contribution in [2.24, 2.45) is 23.7 Å². The van der Waals surface area contributed by atoms with E-state index in [0.717, 1.165) is 31.6 Å². The van der Waals surface area contributed by atoms with E-state index in [1.165, 1.54) is 37.9 Å². The van der Waals surface area contributed by atoms with Gasteiger partial charge in [-0.1, -0.05) is 26.0 Å². The van der Waals surface area contributed by atoms with Crippen LogP contribution in [0.5, 0.6) is 5.75 Å². The summed E-state index contributed by atoms with van der Waals surface area (Å²) in [7, 11) is 0. The minimum absolute atomic E-state index is 0.181. The first kappa shape index (κ1) is 21.4. The third kappa shape index (κ3) is 3.41. The number of ether oxygens (including phenoxy) is 3. The van der Waals surface area contributed by atoms with Crippen LogP contribution in [0.4, 0.5) is 0 Å². The molecule has 0 amide bonds. The summed E-state index contributed by atoms with van der Waals surface area (Å²) in [4.78, 5) is 14.6. The number of likely N-dealkylation sites (tertiary alicyclic amines) is 1. The molecule has 6 aliphatic rings. The number of rotatable bonds is 4. The first-order chi connectivity index (χ1) is 15.5. The third-order valence-electron chi connectivity index (χ3n) is 8.88. The fourth-order valence-corrected chi connectivity index (χ4v) is 7.01. The van der Waals surface area contributed by atoms with Crippen LogP contribution in [0.3, 0.4) is 0 Å². The minimum atomic E-state index is -0.750. The van der Waals surface area contributed by atoms with Crippen LogP contribution in [0.15, 0.2) is 24.3 Å². The summed E-state index contributed by atoms with van der Waals surface area (Å²) in [5.74, 6) is 1.51. The molecule has 0 N–H and O–H groups in total. The highest BCUT2D eigenvalue weighted by Gasteiger charge is 2.69. The molecule has 8 atom stereocenters. The molecule has 5 aliphatic heterocycles. The van der Waals surface area contributed by atoms with Crippen molar-refractivity contribution in [2.75, 3.05) is 13.1 Å². The normalized spacial score (nSPS) is 46.0. The molecule has 32 heavy (non-hydrogen) atoms. The molecule has 176 valence electrons. The lowest BCUT2D eigenvalue weighted by Crippen LogP contribution is -2.70. The molecule has 6 nitrogen and oxygen atoms in total. The van der Waals surface area contributed by atoms with E-state index in [2.05, 4.69) is 43.0 Å². The Hall–Kier alpha value is -1.18. The molecular weight excluding hydrogens is 406 g/mol. The van der Waals surface area contributed by atoms with Crippen LogP contribution in [0.25, 0.3) is 0 Å². The molecule has 0 unspecified atom stereocenters. The Kier molecular flexibility index (Phi) is 5.31. The van der Waals surface area contributed by atoms with Crippen LogP contribution in [-0.2, 0) is 25.8 Å². The standard InChI is InChI=1S/C26H37NO5/c1-17-6-11-22-18(2)23(28-20-9-7-19(8-10-20)16-27-14-4-5-15-27)29-24-26(22)21(17)12-13-25(3,30-24)31-32-26/h7-10,17-18,21-24H,4-6,11-16H2,1-3H3/t17-,18-,21+,22+,23+,24-,25+,26-/m1/s1. The summed E-state index contributed by atoms with van der Waals surface area (Å²) in [6.45, 7) is 9.98. The number of nitrogens with zero attached hydrogens (tertiary/aromatic N) is 1. The SMILES string of the molecule is C[C@H]1[C@@H](Oc2ccc(CN3CCCC3)cc2)O[C@@H]2O[C@]3(C)CC[C@H]4[C@H](C)CC[C@@H]1[C@@]24OO3. The summed E-state index contributed by atoms with van der Waals surface area (Å²) in [5.41, 5.74) is 0.801. The lowest BCUT2D eigenvalue weighted by molar-refractivity contribution is -0.575. The molecule has 7 rings (SSSR count). The van der Waals surface area contributed by atoms with Gasteiger partial charge in [0.1, 0.15) is 5.75 Å². The largest absolute Gasteiger partial charge is 0.465 e. The molecule has 1 aromatic carbocycles. The van der Waals surface area contributed by atoms with Crippen molar-refractivity contribution in [1.82, 2.24) is 4.90 Å². The van der Waals surface area contributed by atoms with Crippen LogP contribution in [-0.4, -0.2) is 42.0 Å². The predicted octanol–water partition coefficient (Wildman–Crippen LogP) is 4.87. The summed E-state index contributed by atoms with van der Waals surface area (Å²) in [6, 6.07) is 8.53. The molecule has 1 aliphatic carbocycles. The van der Waals surface area contributed by atoms with Gasteiger partial charge in [0.05, 0.1) is 0 Å². The first-order valence-corrected chi connectivity index (χ1v) is 12.6. The van der Waals surface area contributed by atoms with Gasteiger partial charge >= 0.3 is 0 Å². The Bertz CT molecular complexity index is 826. The van der Waals surface area contributed by atoms with Gasteiger partial charge in [0.15, 0.2) is 11.9 Å². The van der Waals surface area contributed by atoms with E-state index in [0.29, 0.717) is 11.8 Å². The number of hydrogen-bond donors (Lipinski definition) is 0. The molecule has 5 heterocycles. The highest BCUT2D eigenvalue weighted by atomic mass is 17.3. The van der Waals surface area contributed by atoms with Crippen LogP contribution in [0, 0.1) is 23.7 Å². The maximum absolute atomic E-state index is 6.54. The highest BCUT2D eigenvalue weighted by molar-refractivity contribution is 5.27. The van der Waals surface area contributed by atoms with Crippen molar-refractivity contribution in [1.29, 1.82) is 0 Å². The van der Waals surface area contributed by atoms with Crippen molar-refractivity contribution >= 4 is 0 Å². The predicted molar refractivity (Wildman–Crippen MR) is 118 cm³/mol. The van der Waals surface area contributed by atoms with Gasteiger partial charge in [0.25, 0.3) is 0 Å². The van der Waals surface area contributed by atoms with Gasteiger partial charge in [0, 0.05) is 24.8 Å². The zero-order chi connectivity index (χ0) is 21.9. The van der Waals surface area contributed by atoms with E-state index < -0.39 is 17.7 Å². The average Bonchev–Trinajstić information content (AvgIpc) is 3.19. The van der Waals surface area contributed by atoms with Crippen LogP contribution in [0.2, 0.25) is 0 Å². The molecule has 5 saturated heterocycles. The highest BCUT2D eigenvalue weighted by Crippen LogP contribution is 2.60. The Morgan fingerprint density at radius 2 is 1.78 bits per heavy atom. The number of hydrogen-bond acceptors (Lipinski definition) is 6. The second-order valence-electron chi connectivity index (χ2n) is 11.0. The smallest absolute Gasteiger partial charge is 0.205 e. The van der Waals surface area contributed by atoms with E-state index in [4.69, 9.17) is 24.0 Å². The van der Waals surface area contributed by atoms with Gasteiger partial charge in [-0.2, -0.15) is 0 Å². The average molecular weight is 444 g/mol. The quantitative estimate of drug-likeness (QED) is 0.619. The fraction of sp³-hybridized carbons (Fsp3) is 0.769. The van der Waals surface area contributed by atoms with E-state index >= 15 is 0 Å². The molecule has 1 aromatic rings. The van der Waals surface area contributed by atoms with Crippen LogP contribution < -0.4 is 4.74 Å². The van der Waals surface area contributed by atoms with Crippen molar-refractivity contribution in [3.8, 4) is 5.75 Å². The zero-order valence-electron chi connectivity index (χ0n) is 19.6. The lowest BCUT2D eigenvalue weighted by Gasteiger charge is -2.60. The van der Waals surface area contributed by atoms with Gasteiger partial charge < -0.3 is 14.2 Å². The zero-order valence-corrected chi connectivity index (χ0v) is 19.6. The van der Waals surface area contributed by atoms with E-state index in [-0.39, 0.29) is 18.1 Å². The number of fused-ring (bicyclic) bond motifs is 2. The van der Waals surface area contributed by atoms with Gasteiger partial charge in [-0.05, 0) is 81.6 Å². The lowest BCUT2D eigenvalue weighted by atomic mass is 9.58. The molecular formula is C26H37NO5. The number of benzene rings is 1. The van der Waals surface area contributed by atoms with Crippen molar-refractivity contribution in [2.45, 2.75) is 89.8 Å². The summed E-state index contributed by atoms with van der Waals surface area (Å²) in [5, 5.41) is 0.